The second-order valence-electron chi connectivity index (χ2n) is 8.66. The molecule has 0 radical (unpaired) electrons. The first-order valence-corrected chi connectivity index (χ1v) is 13.5. The Balaban J connectivity index is 2.41. The zero-order chi connectivity index (χ0) is 25.6. The van der Waals surface area contributed by atoms with Crippen LogP contribution >= 0.6 is 23.2 Å². The minimum atomic E-state index is -3.86. The molecule has 0 aliphatic rings. The summed E-state index contributed by atoms with van der Waals surface area (Å²) < 4.78 is 26.1. The van der Waals surface area contributed by atoms with Crippen molar-refractivity contribution in [3.05, 3.63) is 63.6 Å². The summed E-state index contributed by atoms with van der Waals surface area (Å²) in [5, 5.41) is 3.32. The van der Waals surface area contributed by atoms with Gasteiger partial charge in [-0.15, -0.1) is 0 Å². The van der Waals surface area contributed by atoms with E-state index < -0.39 is 28.5 Å². The molecule has 0 fully saturated rings. The summed E-state index contributed by atoms with van der Waals surface area (Å²) in [4.78, 5) is 27.7. The van der Waals surface area contributed by atoms with E-state index in [1.165, 1.54) is 23.1 Å². The molecule has 0 aliphatic carbocycles. The van der Waals surface area contributed by atoms with Gasteiger partial charge in [-0.05, 0) is 49.1 Å². The minimum absolute atomic E-state index is 0.148. The van der Waals surface area contributed by atoms with Crippen LogP contribution in [0.15, 0.2) is 42.5 Å². The molecule has 0 saturated heterocycles. The van der Waals surface area contributed by atoms with E-state index in [0.29, 0.717) is 6.54 Å². The minimum Gasteiger partial charge on any atom is -0.354 e. The molecular weight excluding hydrogens is 497 g/mol. The number of halogens is 2. The maximum absolute atomic E-state index is 13.5. The molecule has 7 nitrogen and oxygen atoms in total. The van der Waals surface area contributed by atoms with Crippen molar-refractivity contribution in [3.63, 3.8) is 0 Å². The summed E-state index contributed by atoms with van der Waals surface area (Å²) >= 11 is 12.1. The molecule has 186 valence electrons. The third-order valence-corrected chi connectivity index (χ3v) is 6.85. The van der Waals surface area contributed by atoms with Crippen molar-refractivity contribution in [1.82, 2.24) is 10.2 Å². The third-order valence-electron chi connectivity index (χ3n) is 5.27. The van der Waals surface area contributed by atoms with Crippen LogP contribution < -0.4 is 9.62 Å². The van der Waals surface area contributed by atoms with E-state index in [4.69, 9.17) is 23.2 Å². The lowest BCUT2D eigenvalue weighted by atomic mass is 10.1. The van der Waals surface area contributed by atoms with E-state index >= 15 is 0 Å². The molecule has 1 N–H and O–H groups in total. The van der Waals surface area contributed by atoms with Crippen molar-refractivity contribution in [1.29, 1.82) is 0 Å². The number of nitrogens with one attached hydrogen (secondary N) is 1. The van der Waals surface area contributed by atoms with Crippen molar-refractivity contribution in [2.45, 2.75) is 40.3 Å². The Morgan fingerprint density at radius 2 is 1.62 bits per heavy atom. The number of carbonyl (C=O) groups excluding carboxylic acids is 2. The van der Waals surface area contributed by atoms with Crippen LogP contribution in [0.4, 0.5) is 5.69 Å². The molecule has 0 heterocycles. The van der Waals surface area contributed by atoms with Crippen LogP contribution in [0.5, 0.6) is 0 Å². The summed E-state index contributed by atoms with van der Waals surface area (Å²) in [6.45, 7) is 7.60. The number of carbonyl (C=O) groups is 2. The first-order valence-electron chi connectivity index (χ1n) is 10.8. The number of hydrogen-bond acceptors (Lipinski definition) is 4. The zero-order valence-electron chi connectivity index (χ0n) is 20.0. The van der Waals surface area contributed by atoms with Crippen molar-refractivity contribution < 1.29 is 18.0 Å². The molecule has 0 aromatic heterocycles. The van der Waals surface area contributed by atoms with E-state index in [9.17, 15) is 18.0 Å². The van der Waals surface area contributed by atoms with Gasteiger partial charge in [-0.1, -0.05) is 61.3 Å². The molecule has 0 spiro atoms. The Morgan fingerprint density at radius 3 is 2.15 bits per heavy atom. The van der Waals surface area contributed by atoms with Gasteiger partial charge < -0.3 is 10.2 Å². The normalized spacial score (nSPS) is 12.4. The topological polar surface area (TPSA) is 86.8 Å². The number of sulfonamides is 1. The maximum atomic E-state index is 13.5. The number of hydrogen-bond donors (Lipinski definition) is 1. The van der Waals surface area contributed by atoms with Gasteiger partial charge in [0.1, 0.15) is 12.6 Å². The molecular formula is C24H31Cl2N3O4S. The number of benzene rings is 2. The van der Waals surface area contributed by atoms with E-state index in [-0.39, 0.29) is 34.1 Å². The maximum Gasteiger partial charge on any atom is 0.244 e. The molecule has 2 aromatic rings. The van der Waals surface area contributed by atoms with E-state index in [0.717, 1.165) is 21.7 Å². The average Bonchev–Trinajstić information content (AvgIpc) is 2.73. The average molecular weight is 529 g/mol. The van der Waals surface area contributed by atoms with Gasteiger partial charge in [0.05, 0.1) is 11.9 Å². The van der Waals surface area contributed by atoms with Crippen LogP contribution in [0.1, 0.15) is 31.9 Å². The van der Waals surface area contributed by atoms with Crippen LogP contribution in [0, 0.1) is 12.8 Å². The smallest absolute Gasteiger partial charge is 0.244 e. The summed E-state index contributed by atoms with van der Waals surface area (Å²) in [7, 11) is -3.86. The molecule has 1 unspecified atom stereocenters. The first-order chi connectivity index (χ1) is 15.8. The molecule has 2 amide bonds. The first kappa shape index (κ1) is 28.0. The quantitative estimate of drug-likeness (QED) is 0.500. The largest absolute Gasteiger partial charge is 0.354 e. The number of anilines is 1. The highest BCUT2D eigenvalue weighted by molar-refractivity contribution is 7.92. The molecule has 0 bridgehead atoms. The lowest BCUT2D eigenvalue weighted by Crippen LogP contribution is -2.51. The summed E-state index contributed by atoms with van der Waals surface area (Å²) in [5.74, 6) is -0.603. The fourth-order valence-electron chi connectivity index (χ4n) is 3.30. The van der Waals surface area contributed by atoms with Crippen LogP contribution in [-0.2, 0) is 26.2 Å². The molecule has 2 rings (SSSR count). The van der Waals surface area contributed by atoms with E-state index in [1.807, 2.05) is 45.0 Å². The standard InChI is InChI=1S/C24H31Cl2N3O4S/c1-16(2)13-27-24(31)18(4)28(14-19-9-7-6-8-17(19)3)23(30)15-29(34(5,32)33)22-11-20(25)10-21(26)12-22/h6-12,16,18H,13-15H2,1-5H3,(H,27,31). The Morgan fingerprint density at radius 1 is 1.03 bits per heavy atom. The summed E-state index contributed by atoms with van der Waals surface area (Å²) in [5.41, 5.74) is 1.98. The Hall–Kier alpha value is -2.29. The molecule has 1 atom stereocenters. The number of rotatable bonds is 10. The van der Waals surface area contributed by atoms with Gasteiger partial charge >= 0.3 is 0 Å². The fourth-order valence-corrected chi connectivity index (χ4v) is 4.65. The number of nitrogens with zero attached hydrogens (tertiary/aromatic N) is 2. The van der Waals surface area contributed by atoms with Crippen molar-refractivity contribution in [3.8, 4) is 0 Å². The van der Waals surface area contributed by atoms with Crippen LogP contribution in [-0.4, -0.2) is 50.5 Å². The van der Waals surface area contributed by atoms with Crippen LogP contribution in [0.25, 0.3) is 0 Å². The monoisotopic (exact) mass is 527 g/mol. The molecule has 34 heavy (non-hydrogen) atoms. The summed E-state index contributed by atoms with van der Waals surface area (Å²) in [6, 6.07) is 11.0. The molecule has 2 aromatic carbocycles. The predicted octanol–water partition coefficient (Wildman–Crippen LogP) is 4.26. The third kappa shape index (κ3) is 7.89. The van der Waals surface area contributed by atoms with Gasteiger partial charge in [0.2, 0.25) is 21.8 Å². The highest BCUT2D eigenvalue weighted by Gasteiger charge is 2.30. The molecule has 0 aliphatic heterocycles. The van der Waals surface area contributed by atoms with Gasteiger partial charge in [0, 0.05) is 23.1 Å². The Bertz CT molecular complexity index is 1120. The molecule has 0 saturated carbocycles. The van der Waals surface area contributed by atoms with Gasteiger partial charge in [-0.2, -0.15) is 0 Å². The number of aryl methyl sites for hydroxylation is 1. The van der Waals surface area contributed by atoms with Gasteiger partial charge in [-0.25, -0.2) is 8.42 Å². The van der Waals surface area contributed by atoms with Gasteiger partial charge in [0.15, 0.2) is 0 Å². The Kier molecular flexibility index (Phi) is 9.79. The predicted molar refractivity (Wildman–Crippen MR) is 138 cm³/mol. The van der Waals surface area contributed by atoms with E-state index in [2.05, 4.69) is 5.32 Å². The second kappa shape index (κ2) is 11.9. The SMILES string of the molecule is Cc1ccccc1CN(C(=O)CN(c1cc(Cl)cc(Cl)c1)S(C)(=O)=O)C(C)C(=O)NCC(C)C. The van der Waals surface area contributed by atoms with E-state index in [1.54, 1.807) is 6.92 Å². The van der Waals surface area contributed by atoms with Gasteiger partial charge in [0.25, 0.3) is 0 Å². The van der Waals surface area contributed by atoms with Crippen LogP contribution in [0.3, 0.4) is 0 Å². The van der Waals surface area contributed by atoms with Crippen molar-refractivity contribution in [2.75, 3.05) is 23.7 Å². The molecule has 10 heteroatoms. The highest BCUT2D eigenvalue weighted by atomic mass is 35.5. The zero-order valence-corrected chi connectivity index (χ0v) is 22.3. The summed E-state index contributed by atoms with van der Waals surface area (Å²) in [6.07, 6.45) is 1.000. The lowest BCUT2D eigenvalue weighted by Gasteiger charge is -2.32. The van der Waals surface area contributed by atoms with Crippen molar-refractivity contribution >= 4 is 50.7 Å². The fraction of sp³-hybridized carbons (Fsp3) is 0.417. The van der Waals surface area contributed by atoms with Crippen molar-refractivity contribution in [2.24, 2.45) is 5.92 Å². The second-order valence-corrected chi connectivity index (χ2v) is 11.4. The lowest BCUT2D eigenvalue weighted by molar-refractivity contribution is -0.139. The van der Waals surface area contributed by atoms with Gasteiger partial charge in [-0.3, -0.25) is 13.9 Å². The van der Waals surface area contributed by atoms with Crippen LogP contribution in [0.2, 0.25) is 10.0 Å². The number of amides is 2. The Labute approximate surface area is 212 Å². The highest BCUT2D eigenvalue weighted by Crippen LogP contribution is 2.27.